The Morgan fingerprint density at radius 1 is 1.08 bits per heavy atom. The topological polar surface area (TPSA) is 75.9 Å². The largest absolute Gasteiger partial charge is 0.490 e. The van der Waals surface area contributed by atoms with Crippen molar-refractivity contribution in [1.29, 1.82) is 0 Å². The van der Waals surface area contributed by atoms with Gasteiger partial charge in [-0.2, -0.15) is 0 Å². The summed E-state index contributed by atoms with van der Waals surface area (Å²) in [6, 6.07) is 8.05. The van der Waals surface area contributed by atoms with E-state index < -0.39 is 0 Å². The molecule has 0 aromatic heterocycles. The highest BCUT2D eigenvalue weighted by molar-refractivity contribution is 5.79. The van der Waals surface area contributed by atoms with Gasteiger partial charge in [0, 0.05) is 31.8 Å². The zero-order chi connectivity index (χ0) is 18.5. The van der Waals surface area contributed by atoms with Crippen molar-refractivity contribution in [3.8, 4) is 5.75 Å². The molecular weight excluding hydrogens is 330 g/mol. The molecule has 0 radical (unpaired) electrons. The first-order valence-electron chi connectivity index (χ1n) is 9.54. The highest BCUT2D eigenvalue weighted by Gasteiger charge is 2.28. The van der Waals surface area contributed by atoms with Gasteiger partial charge >= 0.3 is 0 Å². The van der Waals surface area contributed by atoms with Gasteiger partial charge in [-0.05, 0) is 44.5 Å². The minimum absolute atomic E-state index is 0.0318. The van der Waals surface area contributed by atoms with Crippen LogP contribution in [-0.2, 0) is 9.59 Å². The molecule has 2 aliphatic heterocycles. The highest BCUT2D eigenvalue weighted by atomic mass is 16.5. The van der Waals surface area contributed by atoms with Crippen LogP contribution in [-0.4, -0.2) is 60.4 Å². The smallest absolute Gasteiger partial charge is 0.236 e. The number of piperidine rings is 2. The molecule has 1 aromatic rings. The second-order valence-electron chi connectivity index (χ2n) is 7.42. The SMILES string of the molecule is Cc1ccccc1OC1CCN(C(=O)CN2CCC(C(N)=O)CC2)CC1. The summed E-state index contributed by atoms with van der Waals surface area (Å²) in [5.74, 6) is 0.869. The maximum Gasteiger partial charge on any atom is 0.236 e. The zero-order valence-electron chi connectivity index (χ0n) is 15.5. The van der Waals surface area contributed by atoms with Crippen molar-refractivity contribution in [2.45, 2.75) is 38.7 Å². The summed E-state index contributed by atoms with van der Waals surface area (Å²) in [4.78, 5) is 27.9. The average Bonchev–Trinajstić information content (AvgIpc) is 2.64. The second kappa shape index (κ2) is 8.54. The van der Waals surface area contributed by atoms with Gasteiger partial charge in [-0.3, -0.25) is 14.5 Å². The summed E-state index contributed by atoms with van der Waals surface area (Å²) in [7, 11) is 0. The monoisotopic (exact) mass is 359 g/mol. The maximum absolute atomic E-state index is 12.6. The van der Waals surface area contributed by atoms with Gasteiger partial charge in [0.1, 0.15) is 11.9 Å². The van der Waals surface area contributed by atoms with E-state index in [1.165, 1.54) is 0 Å². The number of primary amides is 1. The summed E-state index contributed by atoms with van der Waals surface area (Å²) in [5, 5.41) is 0. The van der Waals surface area contributed by atoms with Crippen LogP contribution in [0.15, 0.2) is 24.3 Å². The number of carbonyl (C=O) groups excluding carboxylic acids is 2. The van der Waals surface area contributed by atoms with E-state index in [1.807, 2.05) is 23.1 Å². The molecule has 2 saturated heterocycles. The molecule has 2 N–H and O–H groups in total. The fraction of sp³-hybridized carbons (Fsp3) is 0.600. The molecule has 6 nitrogen and oxygen atoms in total. The van der Waals surface area contributed by atoms with Crippen molar-refractivity contribution in [2.75, 3.05) is 32.7 Å². The van der Waals surface area contributed by atoms with Gasteiger partial charge in [-0.1, -0.05) is 18.2 Å². The Bertz CT molecular complexity index is 633. The molecule has 26 heavy (non-hydrogen) atoms. The van der Waals surface area contributed by atoms with Gasteiger partial charge in [0.25, 0.3) is 0 Å². The molecule has 142 valence electrons. The fourth-order valence-electron chi connectivity index (χ4n) is 3.76. The maximum atomic E-state index is 12.6. The van der Waals surface area contributed by atoms with Crippen LogP contribution in [0.5, 0.6) is 5.75 Å². The minimum atomic E-state index is -0.216. The predicted molar refractivity (Wildman–Crippen MR) is 99.8 cm³/mol. The van der Waals surface area contributed by atoms with Crippen LogP contribution in [0.1, 0.15) is 31.2 Å². The van der Waals surface area contributed by atoms with Crippen molar-refractivity contribution >= 4 is 11.8 Å². The van der Waals surface area contributed by atoms with Crippen LogP contribution in [0.2, 0.25) is 0 Å². The first kappa shape index (κ1) is 18.7. The van der Waals surface area contributed by atoms with Crippen LogP contribution in [0.4, 0.5) is 0 Å². The first-order valence-corrected chi connectivity index (χ1v) is 9.54. The molecule has 0 saturated carbocycles. The van der Waals surface area contributed by atoms with E-state index in [9.17, 15) is 9.59 Å². The van der Waals surface area contributed by atoms with E-state index in [0.717, 1.165) is 63.2 Å². The molecule has 0 aliphatic carbocycles. The van der Waals surface area contributed by atoms with Gasteiger partial charge < -0.3 is 15.4 Å². The number of rotatable bonds is 5. The molecule has 2 aliphatic rings. The highest BCUT2D eigenvalue weighted by Crippen LogP contribution is 2.23. The molecule has 1 aromatic carbocycles. The number of carbonyl (C=O) groups is 2. The lowest BCUT2D eigenvalue weighted by atomic mass is 9.96. The van der Waals surface area contributed by atoms with Crippen LogP contribution in [0.25, 0.3) is 0 Å². The number of hydrogen-bond donors (Lipinski definition) is 1. The van der Waals surface area contributed by atoms with Crippen LogP contribution >= 0.6 is 0 Å². The Kier molecular flexibility index (Phi) is 6.14. The number of ether oxygens (including phenoxy) is 1. The van der Waals surface area contributed by atoms with Gasteiger partial charge in [0.15, 0.2) is 0 Å². The number of aryl methyl sites for hydroxylation is 1. The predicted octanol–water partition coefficient (Wildman–Crippen LogP) is 1.56. The fourth-order valence-corrected chi connectivity index (χ4v) is 3.76. The normalized spacial score (nSPS) is 20.1. The third-order valence-corrected chi connectivity index (χ3v) is 5.53. The van der Waals surface area contributed by atoms with Crippen molar-refractivity contribution in [3.63, 3.8) is 0 Å². The van der Waals surface area contributed by atoms with Crippen molar-refractivity contribution in [3.05, 3.63) is 29.8 Å². The quantitative estimate of drug-likeness (QED) is 0.866. The Morgan fingerprint density at radius 3 is 2.35 bits per heavy atom. The molecule has 2 amide bonds. The standard InChI is InChI=1S/C20H29N3O3/c1-15-4-2-3-5-18(15)26-17-8-12-23(13-9-17)19(24)14-22-10-6-16(7-11-22)20(21)25/h2-5,16-17H,6-14H2,1H3,(H2,21,25). The zero-order valence-corrected chi connectivity index (χ0v) is 15.5. The average molecular weight is 359 g/mol. The third kappa shape index (κ3) is 4.75. The number of hydrogen-bond acceptors (Lipinski definition) is 4. The molecular formula is C20H29N3O3. The number of benzene rings is 1. The molecule has 0 bridgehead atoms. The number of amides is 2. The lowest BCUT2D eigenvalue weighted by Crippen LogP contribution is -2.48. The van der Waals surface area contributed by atoms with Crippen molar-refractivity contribution < 1.29 is 14.3 Å². The number of nitrogens with two attached hydrogens (primary N) is 1. The summed E-state index contributed by atoms with van der Waals surface area (Å²) >= 11 is 0. The van der Waals surface area contributed by atoms with Crippen LogP contribution in [0, 0.1) is 12.8 Å². The van der Waals surface area contributed by atoms with Crippen LogP contribution in [0.3, 0.4) is 0 Å². The Hall–Kier alpha value is -2.08. The van der Waals surface area contributed by atoms with Gasteiger partial charge in [0.05, 0.1) is 6.54 Å². The molecule has 0 unspecified atom stereocenters. The Labute approximate surface area is 155 Å². The minimum Gasteiger partial charge on any atom is -0.490 e. The number of nitrogens with zero attached hydrogens (tertiary/aromatic N) is 2. The number of likely N-dealkylation sites (tertiary alicyclic amines) is 2. The van der Waals surface area contributed by atoms with E-state index in [4.69, 9.17) is 10.5 Å². The summed E-state index contributed by atoms with van der Waals surface area (Å²) in [6.45, 7) is 5.52. The van der Waals surface area contributed by atoms with E-state index in [2.05, 4.69) is 17.9 Å². The van der Waals surface area contributed by atoms with Gasteiger partial charge in [-0.25, -0.2) is 0 Å². The molecule has 2 fully saturated rings. The lowest BCUT2D eigenvalue weighted by Gasteiger charge is -2.35. The Morgan fingerprint density at radius 2 is 1.73 bits per heavy atom. The van der Waals surface area contributed by atoms with E-state index in [0.29, 0.717) is 6.54 Å². The van der Waals surface area contributed by atoms with Gasteiger partial charge in [0.2, 0.25) is 11.8 Å². The Balaban J connectivity index is 1.41. The van der Waals surface area contributed by atoms with E-state index in [1.54, 1.807) is 0 Å². The van der Waals surface area contributed by atoms with E-state index in [-0.39, 0.29) is 23.8 Å². The van der Waals surface area contributed by atoms with Crippen molar-refractivity contribution in [1.82, 2.24) is 9.80 Å². The number of para-hydroxylation sites is 1. The summed E-state index contributed by atoms with van der Waals surface area (Å²) in [6.07, 6.45) is 3.42. The molecule has 0 atom stereocenters. The first-order chi connectivity index (χ1) is 12.5. The second-order valence-corrected chi connectivity index (χ2v) is 7.42. The van der Waals surface area contributed by atoms with E-state index >= 15 is 0 Å². The van der Waals surface area contributed by atoms with Gasteiger partial charge in [-0.15, -0.1) is 0 Å². The lowest BCUT2D eigenvalue weighted by molar-refractivity contribution is -0.134. The van der Waals surface area contributed by atoms with Crippen molar-refractivity contribution in [2.24, 2.45) is 11.7 Å². The summed E-state index contributed by atoms with van der Waals surface area (Å²) in [5.41, 5.74) is 6.51. The molecule has 0 spiro atoms. The summed E-state index contributed by atoms with van der Waals surface area (Å²) < 4.78 is 6.11. The molecule has 6 heteroatoms. The molecule has 3 rings (SSSR count). The third-order valence-electron chi connectivity index (χ3n) is 5.53. The van der Waals surface area contributed by atoms with Crippen LogP contribution < -0.4 is 10.5 Å². The molecule has 2 heterocycles.